The van der Waals surface area contributed by atoms with Crippen LogP contribution in [0.4, 0.5) is 0 Å². The predicted octanol–water partition coefficient (Wildman–Crippen LogP) is 5.29. The summed E-state index contributed by atoms with van der Waals surface area (Å²) in [5.74, 6) is -1.93. The monoisotopic (exact) mass is 374 g/mol. The number of carbonyl (C=O) groups is 2. The van der Waals surface area contributed by atoms with Crippen molar-refractivity contribution in [1.29, 1.82) is 0 Å². The van der Waals surface area contributed by atoms with Crippen LogP contribution >= 0.6 is 0 Å². The second kappa shape index (κ2) is 7.31. The van der Waals surface area contributed by atoms with Crippen molar-refractivity contribution in [2.75, 3.05) is 0 Å². The van der Waals surface area contributed by atoms with Crippen molar-refractivity contribution < 1.29 is 19.8 Å². The molecule has 0 saturated heterocycles. The largest absolute Gasteiger partial charge is 0.507 e. The third-order valence-electron chi connectivity index (χ3n) is 4.72. The van der Waals surface area contributed by atoms with Gasteiger partial charge in [0.2, 0.25) is 0 Å². The number of benzene rings is 3. The van der Waals surface area contributed by atoms with Gasteiger partial charge in [-0.1, -0.05) is 69.3 Å². The fourth-order valence-electron chi connectivity index (χ4n) is 2.99. The van der Waals surface area contributed by atoms with Gasteiger partial charge in [0.1, 0.15) is 11.3 Å². The van der Waals surface area contributed by atoms with Gasteiger partial charge in [0.15, 0.2) is 5.78 Å². The van der Waals surface area contributed by atoms with E-state index in [1.807, 2.05) is 12.1 Å². The number of carboxylic acids is 1. The molecule has 0 unspecified atom stereocenters. The van der Waals surface area contributed by atoms with Gasteiger partial charge in [-0.15, -0.1) is 0 Å². The Bertz CT molecular complexity index is 1020. The third-order valence-corrected chi connectivity index (χ3v) is 4.72. The van der Waals surface area contributed by atoms with Gasteiger partial charge in [-0.2, -0.15) is 0 Å². The van der Waals surface area contributed by atoms with Gasteiger partial charge in [0.25, 0.3) is 0 Å². The van der Waals surface area contributed by atoms with Crippen LogP contribution in [0.5, 0.6) is 5.75 Å². The van der Waals surface area contributed by atoms with Crippen LogP contribution < -0.4 is 0 Å². The van der Waals surface area contributed by atoms with Crippen molar-refractivity contribution in [3.05, 3.63) is 89.0 Å². The summed E-state index contributed by atoms with van der Waals surface area (Å²) in [5, 5.41) is 18.7. The summed E-state index contributed by atoms with van der Waals surface area (Å²) < 4.78 is 0. The van der Waals surface area contributed by atoms with E-state index >= 15 is 0 Å². The lowest BCUT2D eigenvalue weighted by atomic mass is 9.86. The highest BCUT2D eigenvalue weighted by atomic mass is 16.4. The van der Waals surface area contributed by atoms with E-state index in [2.05, 4.69) is 45.0 Å². The van der Waals surface area contributed by atoms with Gasteiger partial charge in [-0.25, -0.2) is 4.79 Å². The van der Waals surface area contributed by atoms with Crippen LogP contribution in [0, 0.1) is 0 Å². The Balaban J connectivity index is 1.85. The van der Waals surface area contributed by atoms with E-state index in [9.17, 15) is 14.7 Å². The van der Waals surface area contributed by atoms with Crippen molar-refractivity contribution in [3.63, 3.8) is 0 Å². The summed E-state index contributed by atoms with van der Waals surface area (Å²) in [4.78, 5) is 23.8. The summed E-state index contributed by atoms with van der Waals surface area (Å²) >= 11 is 0. The number of aromatic hydroxyl groups is 1. The minimum absolute atomic E-state index is 0.0910. The molecule has 142 valence electrons. The highest BCUT2D eigenvalue weighted by Crippen LogP contribution is 2.27. The summed E-state index contributed by atoms with van der Waals surface area (Å²) in [5.41, 5.74) is 3.78. The van der Waals surface area contributed by atoms with E-state index in [0.29, 0.717) is 5.56 Å². The van der Waals surface area contributed by atoms with Crippen molar-refractivity contribution in [2.24, 2.45) is 0 Å². The summed E-state index contributed by atoms with van der Waals surface area (Å²) in [6.07, 6.45) is 0. The third kappa shape index (κ3) is 3.96. The maximum absolute atomic E-state index is 12.7. The Morgan fingerprint density at radius 2 is 1.25 bits per heavy atom. The highest BCUT2D eigenvalue weighted by molar-refractivity contribution is 6.10. The summed E-state index contributed by atoms with van der Waals surface area (Å²) in [6, 6.07) is 19.4. The fourth-order valence-corrected chi connectivity index (χ4v) is 2.99. The molecule has 3 aromatic rings. The highest BCUT2D eigenvalue weighted by Gasteiger charge is 2.16. The second-order valence-electron chi connectivity index (χ2n) is 7.77. The Kier molecular flexibility index (Phi) is 5.06. The van der Waals surface area contributed by atoms with Gasteiger partial charge in [-0.05, 0) is 40.3 Å². The van der Waals surface area contributed by atoms with E-state index < -0.39 is 5.97 Å². The number of phenols is 1. The van der Waals surface area contributed by atoms with Crippen LogP contribution in [0.2, 0.25) is 0 Å². The molecule has 0 atom stereocenters. The maximum atomic E-state index is 12.7. The van der Waals surface area contributed by atoms with Crippen LogP contribution in [-0.4, -0.2) is 22.0 Å². The number of carboxylic acid groups (broad SMARTS) is 1. The molecule has 2 N–H and O–H groups in total. The average molecular weight is 374 g/mol. The fraction of sp³-hybridized carbons (Fsp3) is 0.167. The Hall–Kier alpha value is -3.40. The molecule has 0 radical (unpaired) electrons. The van der Waals surface area contributed by atoms with E-state index in [0.717, 1.165) is 11.1 Å². The summed E-state index contributed by atoms with van der Waals surface area (Å²) in [6.45, 7) is 6.50. The zero-order chi connectivity index (χ0) is 20.5. The lowest BCUT2D eigenvalue weighted by Crippen LogP contribution is -2.10. The van der Waals surface area contributed by atoms with Crippen LogP contribution in [0.15, 0.2) is 66.7 Å². The molecule has 3 rings (SSSR count). The number of ketones is 1. The van der Waals surface area contributed by atoms with Crippen molar-refractivity contribution in [1.82, 2.24) is 0 Å². The molecule has 3 aromatic carbocycles. The van der Waals surface area contributed by atoms with Gasteiger partial charge in [-0.3, -0.25) is 4.79 Å². The number of rotatable bonds is 4. The SMILES string of the molecule is CC(C)(C)c1ccc(-c2ccc(C(=O)c3ccc(O)c(C(=O)O)c3)cc2)cc1. The van der Waals surface area contributed by atoms with Crippen LogP contribution in [0.3, 0.4) is 0 Å². The Morgan fingerprint density at radius 3 is 1.75 bits per heavy atom. The standard InChI is InChI=1S/C24H22O4/c1-24(2,3)19-11-8-16(9-12-19)15-4-6-17(7-5-15)22(26)18-10-13-21(25)20(14-18)23(27)28/h4-14,25H,1-3H3,(H,27,28). The molecule has 0 aliphatic carbocycles. The van der Waals surface area contributed by atoms with Crippen molar-refractivity contribution in [2.45, 2.75) is 26.2 Å². The molecule has 0 bridgehead atoms. The zero-order valence-electron chi connectivity index (χ0n) is 16.1. The second-order valence-corrected chi connectivity index (χ2v) is 7.77. The van der Waals surface area contributed by atoms with Gasteiger partial charge in [0.05, 0.1) is 0 Å². The number of hydrogen-bond acceptors (Lipinski definition) is 3. The molecule has 0 spiro atoms. The molecular formula is C24H22O4. The van der Waals surface area contributed by atoms with Gasteiger partial charge in [0, 0.05) is 11.1 Å². The van der Waals surface area contributed by atoms with E-state index in [1.165, 1.54) is 23.8 Å². The first-order valence-electron chi connectivity index (χ1n) is 8.99. The van der Waals surface area contributed by atoms with Crippen LogP contribution in [-0.2, 0) is 5.41 Å². The normalized spacial score (nSPS) is 11.2. The molecule has 28 heavy (non-hydrogen) atoms. The first-order valence-corrected chi connectivity index (χ1v) is 8.99. The molecule has 0 fully saturated rings. The molecule has 0 aliphatic rings. The number of carbonyl (C=O) groups excluding carboxylic acids is 1. The zero-order valence-corrected chi connectivity index (χ0v) is 16.1. The molecular weight excluding hydrogens is 352 g/mol. The van der Waals surface area contributed by atoms with Crippen molar-refractivity contribution >= 4 is 11.8 Å². The topological polar surface area (TPSA) is 74.6 Å². The smallest absolute Gasteiger partial charge is 0.339 e. The van der Waals surface area contributed by atoms with Crippen molar-refractivity contribution in [3.8, 4) is 16.9 Å². The van der Waals surface area contributed by atoms with Gasteiger partial charge >= 0.3 is 5.97 Å². The predicted molar refractivity (Wildman–Crippen MR) is 109 cm³/mol. The van der Waals surface area contributed by atoms with E-state index in [1.54, 1.807) is 12.1 Å². The minimum atomic E-state index is -1.28. The maximum Gasteiger partial charge on any atom is 0.339 e. The molecule has 4 heteroatoms. The summed E-state index contributed by atoms with van der Waals surface area (Å²) in [7, 11) is 0. The quantitative estimate of drug-likeness (QED) is 0.609. The molecule has 0 saturated carbocycles. The lowest BCUT2D eigenvalue weighted by Gasteiger charge is -2.19. The molecule has 0 aromatic heterocycles. The minimum Gasteiger partial charge on any atom is -0.507 e. The van der Waals surface area contributed by atoms with Crippen LogP contribution in [0.25, 0.3) is 11.1 Å². The lowest BCUT2D eigenvalue weighted by molar-refractivity contribution is 0.0693. The Morgan fingerprint density at radius 1 is 0.750 bits per heavy atom. The molecule has 0 amide bonds. The number of hydrogen-bond donors (Lipinski definition) is 2. The van der Waals surface area contributed by atoms with Gasteiger partial charge < -0.3 is 10.2 Å². The first-order chi connectivity index (χ1) is 13.2. The average Bonchev–Trinajstić information content (AvgIpc) is 2.67. The Labute approximate surface area is 164 Å². The molecule has 0 heterocycles. The van der Waals surface area contributed by atoms with Crippen LogP contribution in [0.1, 0.15) is 52.6 Å². The van der Waals surface area contributed by atoms with E-state index in [4.69, 9.17) is 5.11 Å². The molecule has 4 nitrogen and oxygen atoms in total. The first kappa shape index (κ1) is 19.4. The van der Waals surface area contributed by atoms with E-state index in [-0.39, 0.29) is 28.1 Å². The number of aromatic carboxylic acids is 1. The molecule has 0 aliphatic heterocycles.